The van der Waals surface area contributed by atoms with Crippen LogP contribution in [0, 0.1) is 0 Å². The summed E-state index contributed by atoms with van der Waals surface area (Å²) >= 11 is 0. The summed E-state index contributed by atoms with van der Waals surface area (Å²) in [6.07, 6.45) is 3.27. The summed E-state index contributed by atoms with van der Waals surface area (Å²) in [5.74, 6) is 0.302. The molecular weight excluding hydrogens is 180 g/mol. The first kappa shape index (κ1) is 8.43. The lowest BCUT2D eigenvalue weighted by Crippen LogP contribution is -2.09. The Morgan fingerprint density at radius 3 is 2.71 bits per heavy atom. The highest BCUT2D eigenvalue weighted by molar-refractivity contribution is 5.72. The minimum atomic E-state index is -0.272. The van der Waals surface area contributed by atoms with Crippen molar-refractivity contribution >= 4 is 5.82 Å². The number of anilines is 1. The van der Waals surface area contributed by atoms with E-state index in [1.807, 2.05) is 0 Å². The SMILES string of the molecule is Nc1n[nH]c(=O)cc1-c1ccncc1. The van der Waals surface area contributed by atoms with Gasteiger partial charge in [0, 0.05) is 24.0 Å². The lowest BCUT2D eigenvalue weighted by Gasteiger charge is -2.01. The molecule has 14 heavy (non-hydrogen) atoms. The summed E-state index contributed by atoms with van der Waals surface area (Å²) in [4.78, 5) is 14.9. The summed E-state index contributed by atoms with van der Waals surface area (Å²) in [7, 11) is 0. The highest BCUT2D eigenvalue weighted by Gasteiger charge is 2.03. The fraction of sp³-hybridized carbons (Fsp3) is 0. The van der Waals surface area contributed by atoms with Crippen LogP contribution in [0.5, 0.6) is 0 Å². The number of hydrogen-bond donors (Lipinski definition) is 2. The minimum absolute atomic E-state index is 0.272. The summed E-state index contributed by atoms with van der Waals surface area (Å²) in [6.45, 7) is 0. The Bertz CT molecular complexity index is 492. The Morgan fingerprint density at radius 2 is 2.00 bits per heavy atom. The van der Waals surface area contributed by atoms with Crippen LogP contribution in [0.15, 0.2) is 35.4 Å². The number of nitrogen functional groups attached to an aromatic ring is 1. The van der Waals surface area contributed by atoms with Crippen LogP contribution in [-0.4, -0.2) is 15.2 Å². The lowest BCUT2D eigenvalue weighted by molar-refractivity contribution is 1.00. The van der Waals surface area contributed by atoms with E-state index in [-0.39, 0.29) is 5.56 Å². The molecule has 0 aliphatic rings. The van der Waals surface area contributed by atoms with Crippen molar-refractivity contribution in [2.75, 3.05) is 5.73 Å². The number of nitrogens with one attached hydrogen (secondary N) is 1. The van der Waals surface area contributed by atoms with Crippen molar-refractivity contribution in [3.8, 4) is 11.1 Å². The minimum Gasteiger partial charge on any atom is -0.382 e. The van der Waals surface area contributed by atoms with Crippen LogP contribution >= 0.6 is 0 Å². The lowest BCUT2D eigenvalue weighted by atomic mass is 10.1. The fourth-order valence-corrected chi connectivity index (χ4v) is 1.18. The van der Waals surface area contributed by atoms with Crippen LogP contribution in [-0.2, 0) is 0 Å². The molecule has 0 aliphatic heterocycles. The summed E-state index contributed by atoms with van der Waals surface area (Å²) in [5, 5.41) is 5.94. The standard InChI is InChI=1S/C9H8N4O/c10-9-7(5-8(14)12-13-9)6-1-3-11-4-2-6/h1-5H,(H2,10,13)(H,12,14). The molecular formula is C9H8N4O. The molecule has 3 N–H and O–H groups in total. The average Bonchev–Trinajstić information content (AvgIpc) is 2.23. The molecule has 2 rings (SSSR count). The van der Waals surface area contributed by atoms with Crippen molar-refractivity contribution in [3.63, 3.8) is 0 Å². The highest BCUT2D eigenvalue weighted by atomic mass is 16.1. The molecule has 0 unspecified atom stereocenters. The summed E-state index contributed by atoms with van der Waals surface area (Å²) in [5.41, 5.74) is 6.80. The van der Waals surface area contributed by atoms with E-state index in [1.165, 1.54) is 6.07 Å². The second-order valence-electron chi connectivity index (χ2n) is 2.77. The Labute approximate surface area is 79.6 Å². The van der Waals surface area contributed by atoms with Crippen molar-refractivity contribution in [1.29, 1.82) is 0 Å². The molecule has 0 aromatic carbocycles. The van der Waals surface area contributed by atoms with Crippen LogP contribution in [0.4, 0.5) is 5.82 Å². The summed E-state index contributed by atoms with van der Waals surface area (Å²) < 4.78 is 0. The number of aromatic amines is 1. The monoisotopic (exact) mass is 188 g/mol. The molecule has 0 bridgehead atoms. The van der Waals surface area contributed by atoms with Gasteiger partial charge in [-0.3, -0.25) is 9.78 Å². The van der Waals surface area contributed by atoms with Crippen molar-refractivity contribution in [2.45, 2.75) is 0 Å². The largest absolute Gasteiger partial charge is 0.382 e. The van der Waals surface area contributed by atoms with E-state index in [9.17, 15) is 4.79 Å². The first-order valence-corrected chi connectivity index (χ1v) is 4.03. The molecule has 0 radical (unpaired) electrons. The number of pyridine rings is 1. The molecule has 2 aromatic rings. The van der Waals surface area contributed by atoms with E-state index in [0.717, 1.165) is 5.56 Å². The van der Waals surface area contributed by atoms with E-state index < -0.39 is 0 Å². The molecule has 0 saturated carbocycles. The Balaban J connectivity index is 2.62. The van der Waals surface area contributed by atoms with Crippen LogP contribution in [0.1, 0.15) is 0 Å². The third-order valence-corrected chi connectivity index (χ3v) is 1.83. The molecule has 0 aliphatic carbocycles. The van der Waals surface area contributed by atoms with Crippen molar-refractivity contribution in [2.24, 2.45) is 0 Å². The number of H-pyrrole nitrogens is 1. The topological polar surface area (TPSA) is 84.7 Å². The zero-order chi connectivity index (χ0) is 9.97. The van der Waals surface area contributed by atoms with Crippen LogP contribution in [0.3, 0.4) is 0 Å². The molecule has 0 spiro atoms. The fourth-order valence-electron chi connectivity index (χ4n) is 1.18. The van der Waals surface area contributed by atoms with Crippen molar-refractivity contribution in [3.05, 3.63) is 40.9 Å². The molecule has 0 fully saturated rings. The van der Waals surface area contributed by atoms with Crippen molar-refractivity contribution < 1.29 is 0 Å². The van der Waals surface area contributed by atoms with Gasteiger partial charge in [0.15, 0.2) is 5.82 Å². The maximum absolute atomic E-state index is 11.0. The number of hydrogen-bond acceptors (Lipinski definition) is 4. The van der Waals surface area contributed by atoms with Gasteiger partial charge in [-0.1, -0.05) is 0 Å². The molecule has 2 aromatic heterocycles. The zero-order valence-electron chi connectivity index (χ0n) is 7.27. The molecule has 5 nitrogen and oxygen atoms in total. The number of nitrogens with zero attached hydrogens (tertiary/aromatic N) is 2. The van der Waals surface area contributed by atoms with Crippen LogP contribution in [0.25, 0.3) is 11.1 Å². The van der Waals surface area contributed by atoms with E-state index >= 15 is 0 Å². The number of aromatic nitrogens is 3. The maximum Gasteiger partial charge on any atom is 0.264 e. The second-order valence-corrected chi connectivity index (χ2v) is 2.77. The third kappa shape index (κ3) is 1.47. The van der Waals surface area contributed by atoms with Gasteiger partial charge in [0.2, 0.25) is 0 Å². The molecule has 0 atom stereocenters. The van der Waals surface area contributed by atoms with Gasteiger partial charge in [-0.15, -0.1) is 0 Å². The van der Waals surface area contributed by atoms with Gasteiger partial charge in [0.1, 0.15) is 0 Å². The molecule has 0 amide bonds. The van der Waals surface area contributed by atoms with E-state index in [4.69, 9.17) is 5.73 Å². The van der Waals surface area contributed by atoms with Crippen LogP contribution in [0.2, 0.25) is 0 Å². The normalized spacial score (nSPS) is 10.0. The number of nitrogens with two attached hydrogens (primary N) is 1. The van der Waals surface area contributed by atoms with Gasteiger partial charge >= 0.3 is 0 Å². The molecule has 2 heterocycles. The molecule has 0 saturated heterocycles. The second kappa shape index (κ2) is 3.29. The van der Waals surface area contributed by atoms with E-state index in [0.29, 0.717) is 11.4 Å². The first-order chi connectivity index (χ1) is 6.77. The quantitative estimate of drug-likeness (QED) is 0.679. The van der Waals surface area contributed by atoms with Gasteiger partial charge in [-0.25, -0.2) is 5.10 Å². The zero-order valence-corrected chi connectivity index (χ0v) is 7.27. The van der Waals surface area contributed by atoms with Gasteiger partial charge in [-0.05, 0) is 17.7 Å². The van der Waals surface area contributed by atoms with E-state index in [2.05, 4.69) is 15.2 Å². The smallest absolute Gasteiger partial charge is 0.264 e. The van der Waals surface area contributed by atoms with Gasteiger partial charge in [0.25, 0.3) is 5.56 Å². The van der Waals surface area contributed by atoms with Crippen LogP contribution < -0.4 is 11.3 Å². The molecule has 70 valence electrons. The average molecular weight is 188 g/mol. The Kier molecular flexibility index (Phi) is 1.98. The highest BCUT2D eigenvalue weighted by Crippen LogP contribution is 2.20. The summed E-state index contributed by atoms with van der Waals surface area (Å²) in [6, 6.07) is 4.96. The maximum atomic E-state index is 11.0. The van der Waals surface area contributed by atoms with E-state index in [1.54, 1.807) is 24.5 Å². The number of rotatable bonds is 1. The predicted molar refractivity (Wildman–Crippen MR) is 52.5 cm³/mol. The Hall–Kier alpha value is -2.17. The predicted octanol–water partition coefficient (Wildman–Crippen LogP) is 0.414. The van der Waals surface area contributed by atoms with Crippen molar-refractivity contribution in [1.82, 2.24) is 15.2 Å². The third-order valence-electron chi connectivity index (χ3n) is 1.83. The first-order valence-electron chi connectivity index (χ1n) is 4.03. The van der Waals surface area contributed by atoms with Gasteiger partial charge < -0.3 is 5.73 Å². The van der Waals surface area contributed by atoms with Gasteiger partial charge in [0.05, 0.1) is 0 Å². The Morgan fingerprint density at radius 1 is 1.29 bits per heavy atom. The molecule has 5 heteroatoms. The van der Waals surface area contributed by atoms with Gasteiger partial charge in [-0.2, -0.15) is 5.10 Å².